The van der Waals surface area contributed by atoms with Gasteiger partial charge in [0.25, 0.3) is 5.91 Å². The van der Waals surface area contributed by atoms with Gasteiger partial charge in [-0.15, -0.1) is 0 Å². The van der Waals surface area contributed by atoms with Crippen LogP contribution in [0.3, 0.4) is 0 Å². The zero-order chi connectivity index (χ0) is 30.8. The molecule has 6 N–H and O–H groups in total. The zero-order valence-corrected chi connectivity index (χ0v) is 23.7. The summed E-state index contributed by atoms with van der Waals surface area (Å²) in [6.45, 7) is 0. The normalized spacial score (nSPS) is 25.2. The minimum absolute atomic E-state index is 0.0239. The van der Waals surface area contributed by atoms with Gasteiger partial charge >= 0.3 is 0 Å². The lowest BCUT2D eigenvalue weighted by Gasteiger charge is -2.50. The number of phenols is 1. The van der Waals surface area contributed by atoms with E-state index < -0.39 is 58.0 Å². The molecule has 5 rings (SSSR count). The van der Waals surface area contributed by atoms with Crippen molar-refractivity contribution < 1.29 is 49.0 Å². The van der Waals surface area contributed by atoms with Crippen LogP contribution < -0.4 is 19.9 Å². The number of ketones is 2. The van der Waals surface area contributed by atoms with Crippen LogP contribution in [0, 0.1) is 11.8 Å². The molecule has 1 saturated carbocycles. The second-order valence-corrected chi connectivity index (χ2v) is 10.8. The summed E-state index contributed by atoms with van der Waals surface area (Å²) in [4.78, 5) is 40.9. The Bertz CT molecular complexity index is 1610. The highest BCUT2D eigenvalue weighted by Crippen LogP contribution is 2.55. The molecule has 0 spiro atoms. The molecule has 0 heterocycles. The molecule has 1 fully saturated rings. The van der Waals surface area contributed by atoms with Crippen LogP contribution in [0.25, 0.3) is 16.9 Å². The number of hydrogen-bond donors (Lipinski definition) is 5. The molecule has 1 amide bonds. The molecule has 0 radical (unpaired) electrons. The number of ether oxygens (including phenoxy) is 3. The number of methoxy groups -OCH3 is 3. The maximum Gasteiger partial charge on any atom is 0.255 e. The smallest absolute Gasteiger partial charge is 0.255 e. The van der Waals surface area contributed by atoms with E-state index in [1.54, 1.807) is 32.3 Å². The topological polar surface area (TPSA) is 189 Å². The van der Waals surface area contributed by atoms with Crippen molar-refractivity contribution in [3.05, 3.63) is 52.3 Å². The molecule has 0 bridgehead atoms. The Morgan fingerprint density at radius 1 is 0.976 bits per heavy atom. The van der Waals surface area contributed by atoms with E-state index in [1.165, 1.54) is 32.3 Å². The first-order valence-electron chi connectivity index (χ1n) is 13.1. The van der Waals surface area contributed by atoms with E-state index in [4.69, 9.17) is 19.9 Å². The van der Waals surface area contributed by atoms with Crippen molar-refractivity contribution in [1.29, 1.82) is 0 Å². The largest absolute Gasteiger partial charge is 0.508 e. The summed E-state index contributed by atoms with van der Waals surface area (Å²) in [7, 11) is 7.51. The number of hydrogen-bond acceptors (Lipinski definition) is 11. The van der Waals surface area contributed by atoms with E-state index in [0.29, 0.717) is 33.9 Å². The Hall–Kier alpha value is -4.55. The highest BCUT2D eigenvalue weighted by Gasteiger charge is 2.64. The van der Waals surface area contributed by atoms with Crippen LogP contribution in [0.1, 0.15) is 17.5 Å². The molecule has 2 aromatic carbocycles. The minimum atomic E-state index is -2.70. The summed E-state index contributed by atoms with van der Waals surface area (Å²) in [6, 6.07) is 5.26. The van der Waals surface area contributed by atoms with E-state index in [9.17, 15) is 34.8 Å². The van der Waals surface area contributed by atoms with Crippen LogP contribution in [0.4, 0.5) is 0 Å². The first-order chi connectivity index (χ1) is 19.8. The number of primary amides is 1. The first-order valence-corrected chi connectivity index (χ1v) is 13.1. The van der Waals surface area contributed by atoms with Crippen LogP contribution in [0.5, 0.6) is 23.0 Å². The Kier molecular flexibility index (Phi) is 6.94. The van der Waals surface area contributed by atoms with Crippen LogP contribution >= 0.6 is 0 Å². The van der Waals surface area contributed by atoms with Gasteiger partial charge in [-0.1, -0.05) is 6.07 Å². The lowest BCUT2D eigenvalue weighted by molar-refractivity contribution is -0.153. The molecule has 0 saturated heterocycles. The number of carbonyl (C=O) groups is 3. The molecule has 3 aliphatic rings. The molecule has 2 aromatic rings. The second kappa shape index (κ2) is 10.1. The van der Waals surface area contributed by atoms with Crippen LogP contribution in [-0.4, -0.2) is 89.9 Å². The van der Waals surface area contributed by atoms with Gasteiger partial charge in [-0.05, 0) is 62.2 Å². The van der Waals surface area contributed by atoms with Gasteiger partial charge in [0.2, 0.25) is 11.5 Å². The first kappa shape index (κ1) is 29.0. The Morgan fingerprint density at radius 3 is 2.19 bits per heavy atom. The lowest BCUT2D eigenvalue weighted by Crippen LogP contribution is -2.65. The molecular formula is C30H32N2O10. The van der Waals surface area contributed by atoms with Crippen molar-refractivity contribution in [2.45, 2.75) is 24.5 Å². The van der Waals surface area contributed by atoms with E-state index in [2.05, 4.69) is 0 Å². The highest BCUT2D eigenvalue weighted by molar-refractivity contribution is 6.24. The van der Waals surface area contributed by atoms with Gasteiger partial charge in [0.15, 0.2) is 22.9 Å². The van der Waals surface area contributed by atoms with Gasteiger partial charge in [0, 0.05) is 17.1 Å². The van der Waals surface area contributed by atoms with Crippen LogP contribution in [-0.2, 0) is 20.8 Å². The number of amides is 1. The predicted octanol–water partition coefficient (Wildman–Crippen LogP) is 1.66. The summed E-state index contributed by atoms with van der Waals surface area (Å²) >= 11 is 0. The fraction of sp³-hybridized carbons (Fsp3) is 0.367. The average molecular weight is 581 g/mol. The summed E-state index contributed by atoms with van der Waals surface area (Å²) in [6.07, 6.45) is 0.0969. The summed E-state index contributed by atoms with van der Waals surface area (Å²) in [5.74, 6) is -6.00. The number of aliphatic hydroxyl groups excluding tert-OH is 2. The summed E-state index contributed by atoms with van der Waals surface area (Å²) in [5.41, 5.74) is 3.18. The van der Waals surface area contributed by atoms with Gasteiger partial charge in [0.1, 0.15) is 22.8 Å². The number of likely N-dealkylation sites (N-methyl/N-ethyl adjacent to an activating group) is 1. The van der Waals surface area contributed by atoms with Crippen molar-refractivity contribution in [2.24, 2.45) is 17.6 Å². The number of benzene rings is 2. The highest BCUT2D eigenvalue weighted by atomic mass is 16.5. The molecular weight excluding hydrogens is 548 g/mol. The third-order valence-electron chi connectivity index (χ3n) is 8.60. The van der Waals surface area contributed by atoms with E-state index in [0.717, 1.165) is 0 Å². The molecule has 0 aromatic heterocycles. The summed E-state index contributed by atoms with van der Waals surface area (Å²) < 4.78 is 16.6. The predicted molar refractivity (Wildman–Crippen MR) is 149 cm³/mol. The monoisotopic (exact) mass is 580 g/mol. The third kappa shape index (κ3) is 3.78. The van der Waals surface area contributed by atoms with Crippen molar-refractivity contribution in [3.8, 4) is 34.1 Å². The number of aromatic hydroxyl groups is 1. The maximum atomic E-state index is 14.0. The molecule has 0 aliphatic heterocycles. The maximum absolute atomic E-state index is 14.0. The molecule has 1 unspecified atom stereocenters. The number of nitrogens with zero attached hydrogens (tertiary/aromatic N) is 1. The Labute approximate surface area is 241 Å². The van der Waals surface area contributed by atoms with Crippen LogP contribution in [0.2, 0.25) is 0 Å². The molecule has 12 nitrogen and oxygen atoms in total. The van der Waals surface area contributed by atoms with E-state index >= 15 is 0 Å². The number of fused-ring (bicyclic) bond motifs is 3. The molecule has 222 valence electrons. The average Bonchev–Trinajstić information content (AvgIpc) is 2.93. The molecule has 12 heteroatoms. The van der Waals surface area contributed by atoms with Gasteiger partial charge in [-0.25, -0.2) is 0 Å². The minimum Gasteiger partial charge on any atom is -0.508 e. The van der Waals surface area contributed by atoms with Gasteiger partial charge in [-0.3, -0.25) is 19.3 Å². The number of aliphatic hydroxyl groups is 3. The Balaban J connectivity index is 1.75. The number of phenolic OH excluding ortho intramolecular Hbond substituents is 1. The Morgan fingerprint density at radius 2 is 1.62 bits per heavy atom. The van der Waals surface area contributed by atoms with Gasteiger partial charge in [0.05, 0.1) is 32.9 Å². The van der Waals surface area contributed by atoms with E-state index in [1.807, 2.05) is 0 Å². The number of Topliss-reactive ketones (excluding diaryl/α,β-unsaturated/α-hetero) is 2. The van der Waals surface area contributed by atoms with Crippen molar-refractivity contribution in [3.63, 3.8) is 0 Å². The zero-order valence-electron chi connectivity index (χ0n) is 23.7. The fourth-order valence-corrected chi connectivity index (χ4v) is 6.81. The number of carbonyl (C=O) groups excluding carboxylic acids is 3. The standard InChI is InChI=1S/C30H32N2O10/c1-32(2)22-16-11-12-10-15-13(14-7-9-18(40-3)26(42-5)25(14)41-4)6-8-17(33)20(15)23(34)19(12)27(36)30(16,39)28(37)21(24(22)35)29(31)38/h6-9,12,16,22,33-34,37,39H,10-11H2,1-5H3,(H2,31,38)/t12-,16-,22?,30-/m0/s1. The molecule has 4 atom stereocenters. The quantitative estimate of drug-likeness (QED) is 0.313. The lowest BCUT2D eigenvalue weighted by atomic mass is 9.57. The van der Waals surface area contributed by atoms with Crippen molar-refractivity contribution in [1.82, 2.24) is 4.90 Å². The van der Waals surface area contributed by atoms with Gasteiger partial charge < -0.3 is 40.4 Å². The van der Waals surface area contributed by atoms with Crippen LogP contribution in [0.15, 0.2) is 41.2 Å². The summed E-state index contributed by atoms with van der Waals surface area (Å²) in [5, 5.41) is 45.2. The van der Waals surface area contributed by atoms with Crippen molar-refractivity contribution in [2.75, 3.05) is 35.4 Å². The fourth-order valence-electron chi connectivity index (χ4n) is 6.81. The number of rotatable bonds is 6. The third-order valence-corrected chi connectivity index (χ3v) is 8.60. The second-order valence-electron chi connectivity index (χ2n) is 10.8. The van der Waals surface area contributed by atoms with E-state index in [-0.39, 0.29) is 29.7 Å². The van der Waals surface area contributed by atoms with Gasteiger partial charge in [-0.2, -0.15) is 0 Å². The van der Waals surface area contributed by atoms with Crippen molar-refractivity contribution >= 4 is 23.2 Å². The molecule has 42 heavy (non-hydrogen) atoms. The number of nitrogens with two attached hydrogens (primary N) is 1. The SMILES string of the molecule is COc1ccc(-c2ccc(O)c3c2C[C@H]2C[C@H]4C(N(C)C)C(=O)C(C(N)=O)=C(O)[C@@]4(O)C(=O)C2=C3O)c(OC)c1OC. The molecule has 3 aliphatic carbocycles.